The molecule has 4 aromatic rings. The molecule has 0 unspecified atom stereocenters. The number of hydrogen-bond acceptors (Lipinski definition) is 7. The fraction of sp³-hybridized carbons (Fsp3) is 0.227. The second-order valence-electron chi connectivity index (χ2n) is 7.63. The van der Waals surface area contributed by atoms with Crippen molar-refractivity contribution in [2.75, 3.05) is 31.1 Å². The van der Waals surface area contributed by atoms with Gasteiger partial charge in [0.15, 0.2) is 0 Å². The number of hydrogen-bond donors (Lipinski definition) is 0. The van der Waals surface area contributed by atoms with E-state index in [9.17, 15) is 13.2 Å². The van der Waals surface area contributed by atoms with E-state index < -0.39 is 10.0 Å². The van der Waals surface area contributed by atoms with E-state index >= 15 is 0 Å². The highest BCUT2D eigenvalue weighted by Gasteiger charge is 2.29. The molecule has 1 fully saturated rings. The molecule has 1 aliphatic rings. The van der Waals surface area contributed by atoms with Crippen LogP contribution in [-0.4, -0.2) is 53.5 Å². The maximum atomic E-state index is 12.9. The van der Waals surface area contributed by atoms with Crippen molar-refractivity contribution < 1.29 is 8.42 Å². The zero-order valence-electron chi connectivity index (χ0n) is 17.4. The van der Waals surface area contributed by atoms with Crippen LogP contribution < -0.4 is 10.5 Å². The molecule has 0 amide bonds. The minimum atomic E-state index is -3.53. The standard InChI is InChI=1S/C22H21N5O3S2/c1-16-6-5-7-17(14-16)21-24-27-20(28)15-19(23-22(27)31-21)25-10-12-26(13-11-25)32(29,30)18-8-3-2-4-9-18/h2-9,14-15H,10-13H2,1H3. The van der Waals surface area contributed by atoms with Gasteiger partial charge in [-0.25, -0.2) is 13.4 Å². The average molecular weight is 468 g/mol. The molecule has 32 heavy (non-hydrogen) atoms. The third kappa shape index (κ3) is 3.81. The molecular weight excluding hydrogens is 446 g/mol. The van der Waals surface area contributed by atoms with Gasteiger partial charge in [-0.05, 0) is 25.1 Å². The van der Waals surface area contributed by atoms with Gasteiger partial charge in [0.1, 0.15) is 10.8 Å². The van der Waals surface area contributed by atoms with Crippen LogP contribution in [0.2, 0.25) is 0 Å². The summed E-state index contributed by atoms with van der Waals surface area (Å²) < 4.78 is 28.5. The van der Waals surface area contributed by atoms with Gasteiger partial charge < -0.3 is 4.90 Å². The molecule has 3 heterocycles. The Bertz CT molecular complexity index is 1440. The average Bonchev–Trinajstić information content (AvgIpc) is 3.25. The number of sulfonamides is 1. The van der Waals surface area contributed by atoms with Crippen LogP contribution in [-0.2, 0) is 10.0 Å². The highest BCUT2D eigenvalue weighted by atomic mass is 32.2. The quantitative estimate of drug-likeness (QED) is 0.459. The first-order valence-corrected chi connectivity index (χ1v) is 12.5. The van der Waals surface area contributed by atoms with Gasteiger partial charge in [-0.15, -0.1) is 0 Å². The van der Waals surface area contributed by atoms with E-state index in [0.717, 1.165) is 16.1 Å². The summed E-state index contributed by atoms with van der Waals surface area (Å²) in [6.07, 6.45) is 0. The van der Waals surface area contributed by atoms with Gasteiger partial charge in [0, 0.05) is 37.8 Å². The molecule has 0 spiro atoms. The molecule has 5 rings (SSSR count). The molecule has 0 bridgehead atoms. The molecule has 2 aromatic carbocycles. The van der Waals surface area contributed by atoms with Crippen molar-refractivity contribution >= 4 is 32.1 Å². The topological polar surface area (TPSA) is 87.9 Å². The molecule has 0 atom stereocenters. The van der Waals surface area contributed by atoms with Crippen LogP contribution in [0, 0.1) is 6.92 Å². The van der Waals surface area contributed by atoms with Gasteiger partial charge in [-0.2, -0.15) is 13.9 Å². The van der Waals surface area contributed by atoms with Crippen molar-refractivity contribution in [3.05, 3.63) is 76.6 Å². The van der Waals surface area contributed by atoms with Gasteiger partial charge in [0.25, 0.3) is 5.56 Å². The molecular formula is C22H21N5O3S2. The molecule has 10 heteroatoms. The van der Waals surface area contributed by atoms with Crippen LogP contribution >= 0.6 is 11.3 Å². The molecule has 1 aliphatic heterocycles. The number of aromatic nitrogens is 3. The van der Waals surface area contributed by atoms with E-state index in [1.165, 1.54) is 26.2 Å². The summed E-state index contributed by atoms with van der Waals surface area (Å²) in [5.41, 5.74) is 1.81. The number of nitrogens with zero attached hydrogens (tertiary/aromatic N) is 5. The zero-order chi connectivity index (χ0) is 22.3. The monoisotopic (exact) mass is 467 g/mol. The molecule has 2 aromatic heterocycles. The third-order valence-corrected chi connectivity index (χ3v) is 8.31. The molecule has 0 aliphatic carbocycles. The van der Waals surface area contributed by atoms with Crippen molar-refractivity contribution in [3.8, 4) is 10.6 Å². The zero-order valence-corrected chi connectivity index (χ0v) is 19.0. The lowest BCUT2D eigenvalue weighted by atomic mass is 10.1. The Kier molecular flexibility index (Phi) is 5.28. The van der Waals surface area contributed by atoms with E-state index in [1.54, 1.807) is 30.3 Å². The first-order chi connectivity index (χ1) is 15.4. The summed E-state index contributed by atoms with van der Waals surface area (Å²) in [4.78, 5) is 20.1. The highest BCUT2D eigenvalue weighted by Crippen LogP contribution is 2.26. The Labute approximate surface area is 189 Å². The molecule has 1 saturated heterocycles. The smallest absolute Gasteiger partial charge is 0.277 e. The van der Waals surface area contributed by atoms with Crippen molar-refractivity contribution in [3.63, 3.8) is 0 Å². The van der Waals surface area contributed by atoms with Gasteiger partial charge in [0.2, 0.25) is 15.0 Å². The fourth-order valence-corrected chi connectivity index (χ4v) is 6.10. The molecule has 8 nitrogen and oxygen atoms in total. The lowest BCUT2D eigenvalue weighted by molar-refractivity contribution is 0.384. The number of benzene rings is 2. The van der Waals surface area contributed by atoms with E-state index in [2.05, 4.69) is 10.1 Å². The second-order valence-corrected chi connectivity index (χ2v) is 10.5. The van der Waals surface area contributed by atoms with Crippen LogP contribution in [0.3, 0.4) is 0 Å². The number of aryl methyl sites for hydroxylation is 1. The highest BCUT2D eigenvalue weighted by molar-refractivity contribution is 7.89. The first kappa shape index (κ1) is 20.8. The van der Waals surface area contributed by atoms with Crippen molar-refractivity contribution in [2.45, 2.75) is 11.8 Å². The predicted octanol–water partition coefficient (Wildman–Crippen LogP) is 2.64. The van der Waals surface area contributed by atoms with Crippen LogP contribution in [0.5, 0.6) is 0 Å². The summed E-state index contributed by atoms with van der Waals surface area (Å²) in [6.45, 7) is 3.58. The van der Waals surface area contributed by atoms with E-state index in [-0.39, 0.29) is 5.56 Å². The predicted molar refractivity (Wildman–Crippen MR) is 125 cm³/mol. The molecule has 164 valence electrons. The third-order valence-electron chi connectivity index (χ3n) is 5.44. The van der Waals surface area contributed by atoms with Gasteiger partial charge >= 0.3 is 0 Å². The Morgan fingerprint density at radius 1 is 0.938 bits per heavy atom. The van der Waals surface area contributed by atoms with Gasteiger partial charge in [0.05, 0.1) is 4.90 Å². The lowest BCUT2D eigenvalue weighted by Crippen LogP contribution is -2.49. The summed E-state index contributed by atoms with van der Waals surface area (Å²) >= 11 is 1.36. The minimum Gasteiger partial charge on any atom is -0.354 e. The number of rotatable bonds is 4. The van der Waals surface area contributed by atoms with Crippen LogP contribution in [0.15, 0.2) is 70.4 Å². The Morgan fingerprint density at radius 3 is 2.41 bits per heavy atom. The summed E-state index contributed by atoms with van der Waals surface area (Å²) in [6, 6.07) is 17.9. The SMILES string of the molecule is Cc1cccc(-c2nn3c(=O)cc(N4CCN(S(=O)(=O)c5ccccc5)CC4)nc3s2)c1. The fourth-order valence-electron chi connectivity index (χ4n) is 3.76. The van der Waals surface area contributed by atoms with Crippen LogP contribution in [0.25, 0.3) is 15.5 Å². The second kappa shape index (κ2) is 8.12. The van der Waals surface area contributed by atoms with Gasteiger partial charge in [-0.3, -0.25) is 4.79 Å². The maximum Gasteiger partial charge on any atom is 0.277 e. The normalized spacial score (nSPS) is 15.3. The van der Waals surface area contributed by atoms with Crippen molar-refractivity contribution in [1.82, 2.24) is 18.9 Å². The summed E-state index contributed by atoms with van der Waals surface area (Å²) in [7, 11) is -3.53. The molecule has 0 radical (unpaired) electrons. The van der Waals surface area contributed by atoms with E-state index in [1.807, 2.05) is 36.1 Å². The number of anilines is 1. The molecule has 0 saturated carbocycles. The van der Waals surface area contributed by atoms with Crippen molar-refractivity contribution in [1.29, 1.82) is 0 Å². The lowest BCUT2D eigenvalue weighted by Gasteiger charge is -2.34. The first-order valence-electron chi connectivity index (χ1n) is 10.2. The van der Waals surface area contributed by atoms with Crippen LogP contribution in [0.4, 0.5) is 5.82 Å². The van der Waals surface area contributed by atoms with E-state index in [4.69, 9.17) is 0 Å². The number of fused-ring (bicyclic) bond motifs is 1. The minimum absolute atomic E-state index is 0.250. The van der Waals surface area contributed by atoms with E-state index in [0.29, 0.717) is 41.9 Å². The maximum absolute atomic E-state index is 12.9. The Balaban J connectivity index is 1.38. The molecule has 0 N–H and O–H groups in total. The Morgan fingerprint density at radius 2 is 1.69 bits per heavy atom. The Hall–Kier alpha value is -3.08. The summed E-state index contributed by atoms with van der Waals surface area (Å²) in [5.74, 6) is 0.547. The number of piperazine rings is 1. The van der Waals surface area contributed by atoms with Crippen molar-refractivity contribution in [2.24, 2.45) is 0 Å². The van der Waals surface area contributed by atoms with Crippen LogP contribution in [0.1, 0.15) is 5.56 Å². The van der Waals surface area contributed by atoms with Gasteiger partial charge in [-0.1, -0.05) is 53.3 Å². The summed E-state index contributed by atoms with van der Waals surface area (Å²) in [5, 5.41) is 5.17. The largest absolute Gasteiger partial charge is 0.354 e.